The predicted molar refractivity (Wildman–Crippen MR) is 131 cm³/mol. The molecule has 1 aliphatic carbocycles. The van der Waals surface area contributed by atoms with E-state index in [0.29, 0.717) is 24.1 Å². The molecule has 2 amide bonds. The van der Waals surface area contributed by atoms with E-state index in [0.717, 1.165) is 11.1 Å². The zero-order chi connectivity index (χ0) is 23.9. The molecule has 2 fully saturated rings. The second kappa shape index (κ2) is 9.50. The third-order valence-electron chi connectivity index (χ3n) is 6.41. The van der Waals surface area contributed by atoms with E-state index in [4.69, 9.17) is 4.74 Å². The quantitative estimate of drug-likeness (QED) is 0.222. The number of ether oxygens (including phenoxy) is 1. The zero-order valence-corrected chi connectivity index (χ0v) is 21.4. The van der Waals surface area contributed by atoms with E-state index in [1.54, 1.807) is 24.3 Å². The molecule has 172 valence electrons. The normalized spacial score (nSPS) is 24.5. The highest BCUT2D eigenvalue weighted by Gasteiger charge is 2.52. The highest BCUT2D eigenvalue weighted by atomic mass is 79.9. The lowest BCUT2D eigenvalue weighted by molar-refractivity contribution is -0.122. The van der Waals surface area contributed by atoms with Crippen LogP contribution in [0.4, 0.5) is 5.69 Å². The second-order valence-corrected chi connectivity index (χ2v) is 10.9. The van der Waals surface area contributed by atoms with Crippen LogP contribution in [-0.4, -0.2) is 39.8 Å². The van der Waals surface area contributed by atoms with E-state index in [9.17, 15) is 19.2 Å². The Labute approximate surface area is 208 Å². The molecule has 33 heavy (non-hydrogen) atoms. The summed E-state index contributed by atoms with van der Waals surface area (Å²) in [5.41, 5.74) is 3.05. The van der Waals surface area contributed by atoms with Gasteiger partial charge < -0.3 is 4.74 Å². The van der Waals surface area contributed by atoms with Crippen molar-refractivity contribution in [1.29, 1.82) is 0 Å². The molecule has 8 heteroatoms. The molecular formula is C25H23Br2NO5. The number of benzene rings is 2. The summed E-state index contributed by atoms with van der Waals surface area (Å²) in [5.74, 6) is -2.23. The fraction of sp³-hybridized carbons (Fsp3) is 0.360. The van der Waals surface area contributed by atoms with Gasteiger partial charge in [0.25, 0.3) is 0 Å². The minimum absolute atomic E-state index is 0.117. The van der Waals surface area contributed by atoms with E-state index in [-0.39, 0.29) is 44.7 Å². The van der Waals surface area contributed by atoms with Gasteiger partial charge in [-0.3, -0.25) is 19.3 Å². The van der Waals surface area contributed by atoms with E-state index in [2.05, 4.69) is 31.9 Å². The Morgan fingerprint density at radius 1 is 0.909 bits per heavy atom. The van der Waals surface area contributed by atoms with Crippen LogP contribution in [0.3, 0.4) is 0 Å². The third-order valence-corrected chi connectivity index (χ3v) is 9.15. The summed E-state index contributed by atoms with van der Waals surface area (Å²) in [6.45, 7) is 3.48. The van der Waals surface area contributed by atoms with Gasteiger partial charge in [-0.25, -0.2) is 4.79 Å². The number of esters is 1. The topological polar surface area (TPSA) is 80.8 Å². The van der Waals surface area contributed by atoms with Crippen LogP contribution in [0, 0.1) is 25.7 Å². The maximum absolute atomic E-state index is 13.0. The lowest BCUT2D eigenvalue weighted by Gasteiger charge is -2.29. The number of rotatable bonds is 5. The average Bonchev–Trinajstić information content (AvgIpc) is 3.03. The molecule has 6 nitrogen and oxygen atoms in total. The fourth-order valence-corrected chi connectivity index (χ4v) is 5.57. The van der Waals surface area contributed by atoms with Crippen LogP contribution in [0.2, 0.25) is 0 Å². The molecule has 2 aromatic rings. The largest absolute Gasteiger partial charge is 0.454 e. The Balaban J connectivity index is 1.47. The number of carbonyl (C=O) groups excluding carboxylic acids is 4. The molecular weight excluding hydrogens is 554 g/mol. The highest BCUT2D eigenvalue weighted by Crippen LogP contribution is 2.44. The number of ketones is 1. The van der Waals surface area contributed by atoms with Crippen molar-refractivity contribution in [2.45, 2.75) is 36.3 Å². The molecule has 1 aliphatic heterocycles. The molecule has 0 bridgehead atoms. The first-order chi connectivity index (χ1) is 15.7. The van der Waals surface area contributed by atoms with Crippen molar-refractivity contribution in [3.05, 3.63) is 64.7 Å². The second-order valence-electron chi connectivity index (χ2n) is 8.58. The minimum atomic E-state index is -0.688. The molecule has 0 N–H and O–H groups in total. The number of anilines is 1. The standard InChI is InChI=1S/C25H23Br2NO5/c1-13-6-7-15(8-14(13)2)22(29)12-33-25(32)16-4-3-5-17(9-16)28-23(30)18-10-20(26)21(27)11-19(18)24(28)31/h3-9,18-21H,10-12H2,1-2H3/t18-,19-,20-,21+/m1/s1. The number of fused-ring (bicyclic) bond motifs is 1. The van der Waals surface area contributed by atoms with E-state index < -0.39 is 12.6 Å². The predicted octanol–water partition coefficient (Wildman–Crippen LogP) is 4.77. The van der Waals surface area contributed by atoms with Crippen LogP contribution < -0.4 is 4.90 Å². The van der Waals surface area contributed by atoms with Crippen molar-refractivity contribution in [3.63, 3.8) is 0 Å². The summed E-state index contributed by atoms with van der Waals surface area (Å²) in [5, 5.41) is 0. The molecule has 2 aliphatic rings. The first-order valence-electron chi connectivity index (χ1n) is 10.7. The maximum Gasteiger partial charge on any atom is 0.338 e. The van der Waals surface area contributed by atoms with Crippen LogP contribution in [0.25, 0.3) is 0 Å². The molecule has 1 saturated carbocycles. The number of halogens is 2. The molecule has 4 atom stereocenters. The van der Waals surface area contributed by atoms with Gasteiger partial charge in [0.1, 0.15) is 0 Å². The van der Waals surface area contributed by atoms with Crippen LogP contribution in [-0.2, 0) is 14.3 Å². The van der Waals surface area contributed by atoms with Gasteiger partial charge in [0.2, 0.25) is 11.8 Å². The highest BCUT2D eigenvalue weighted by molar-refractivity contribution is 9.12. The third kappa shape index (κ3) is 4.68. The Morgan fingerprint density at radius 3 is 2.15 bits per heavy atom. The average molecular weight is 577 g/mol. The number of amides is 2. The number of aryl methyl sites for hydroxylation is 2. The van der Waals surface area contributed by atoms with Gasteiger partial charge >= 0.3 is 5.97 Å². The number of alkyl halides is 2. The Bertz CT molecular complexity index is 1120. The van der Waals surface area contributed by atoms with Crippen molar-refractivity contribution in [2.75, 3.05) is 11.5 Å². The number of carbonyl (C=O) groups is 4. The van der Waals surface area contributed by atoms with Crippen molar-refractivity contribution in [2.24, 2.45) is 11.8 Å². The van der Waals surface area contributed by atoms with Gasteiger partial charge in [0, 0.05) is 15.2 Å². The molecule has 1 saturated heterocycles. The molecule has 0 spiro atoms. The smallest absolute Gasteiger partial charge is 0.338 e. The Hall–Kier alpha value is -2.32. The number of hydrogen-bond acceptors (Lipinski definition) is 5. The summed E-state index contributed by atoms with van der Waals surface area (Å²) in [7, 11) is 0. The number of Topliss-reactive ketones (excluding diaryl/α,β-unsaturated/α-hetero) is 1. The maximum atomic E-state index is 13.0. The molecule has 0 aromatic heterocycles. The van der Waals surface area contributed by atoms with Crippen LogP contribution >= 0.6 is 31.9 Å². The minimum Gasteiger partial charge on any atom is -0.454 e. The van der Waals surface area contributed by atoms with Crippen molar-refractivity contribution >= 4 is 61.1 Å². The van der Waals surface area contributed by atoms with Crippen LogP contribution in [0.5, 0.6) is 0 Å². The first-order valence-corrected chi connectivity index (χ1v) is 12.5. The zero-order valence-electron chi connectivity index (χ0n) is 18.2. The molecule has 2 aromatic carbocycles. The monoisotopic (exact) mass is 575 g/mol. The van der Waals surface area contributed by atoms with Gasteiger partial charge in [-0.15, -0.1) is 0 Å². The van der Waals surface area contributed by atoms with Gasteiger partial charge in [-0.2, -0.15) is 0 Å². The number of nitrogens with zero attached hydrogens (tertiary/aromatic N) is 1. The fourth-order valence-electron chi connectivity index (χ4n) is 4.33. The molecule has 1 heterocycles. The lowest BCUT2D eigenvalue weighted by Crippen LogP contribution is -2.34. The molecule has 0 unspecified atom stereocenters. The van der Waals surface area contributed by atoms with Crippen molar-refractivity contribution in [1.82, 2.24) is 0 Å². The molecule has 0 radical (unpaired) electrons. The van der Waals surface area contributed by atoms with Crippen LogP contribution in [0.15, 0.2) is 42.5 Å². The van der Waals surface area contributed by atoms with Gasteiger partial charge in [-0.1, -0.05) is 50.1 Å². The van der Waals surface area contributed by atoms with Crippen LogP contribution in [0.1, 0.15) is 44.7 Å². The number of hydrogen-bond donors (Lipinski definition) is 0. The SMILES string of the molecule is Cc1ccc(C(=O)COC(=O)c2cccc(N3C(=O)[C@@H]4C[C@@H](Br)[C@@H](Br)C[C@H]4C3=O)c2)cc1C. The van der Waals surface area contributed by atoms with Gasteiger partial charge in [0.05, 0.1) is 23.1 Å². The Morgan fingerprint density at radius 2 is 1.55 bits per heavy atom. The summed E-state index contributed by atoms with van der Waals surface area (Å²) in [6.07, 6.45) is 1.15. The summed E-state index contributed by atoms with van der Waals surface area (Å²) in [4.78, 5) is 52.5. The summed E-state index contributed by atoms with van der Waals surface area (Å²) < 4.78 is 5.22. The van der Waals surface area contributed by atoms with E-state index >= 15 is 0 Å². The number of imide groups is 1. The van der Waals surface area contributed by atoms with E-state index in [1.165, 1.54) is 17.0 Å². The first kappa shape index (κ1) is 23.8. The molecule has 4 rings (SSSR count). The van der Waals surface area contributed by atoms with E-state index in [1.807, 2.05) is 19.9 Å². The van der Waals surface area contributed by atoms with Gasteiger partial charge in [0.15, 0.2) is 12.4 Å². The Kier molecular flexibility index (Phi) is 6.86. The summed E-state index contributed by atoms with van der Waals surface area (Å²) >= 11 is 7.16. The van der Waals surface area contributed by atoms with Crippen molar-refractivity contribution in [3.8, 4) is 0 Å². The lowest BCUT2D eigenvalue weighted by atomic mass is 9.81. The van der Waals surface area contributed by atoms with Gasteiger partial charge in [-0.05, 0) is 62.1 Å². The summed E-state index contributed by atoms with van der Waals surface area (Å²) in [6, 6.07) is 11.6. The van der Waals surface area contributed by atoms with Crippen molar-refractivity contribution < 1.29 is 23.9 Å².